The molecule has 5 nitrogen and oxygen atoms in total. The fourth-order valence-corrected chi connectivity index (χ4v) is 6.02. The van der Waals surface area contributed by atoms with Crippen LogP contribution in [0.1, 0.15) is 5.56 Å². The Morgan fingerprint density at radius 1 is 1.26 bits per heavy atom. The summed E-state index contributed by atoms with van der Waals surface area (Å²) in [6, 6.07) is 4.47. The van der Waals surface area contributed by atoms with Crippen molar-refractivity contribution in [3.05, 3.63) is 35.8 Å². The number of aromatic nitrogens is 1. The van der Waals surface area contributed by atoms with Crippen molar-refractivity contribution in [1.82, 2.24) is 9.88 Å². The van der Waals surface area contributed by atoms with Crippen LogP contribution in [-0.4, -0.2) is 48.8 Å². The molecule has 0 spiro atoms. The molecule has 1 amide bonds. The van der Waals surface area contributed by atoms with Crippen LogP contribution in [0.25, 0.3) is 10.9 Å². The maximum absolute atomic E-state index is 13.2. The number of carbonyl (C=O) groups is 1. The molecule has 0 unspecified atom stereocenters. The SMILES string of the molecule is O=C(Cc1c[nH]c2cc(F)ccc12)N1C[C@@H]2CS(=O)(=O)C[C@@H]2C1. The lowest BCUT2D eigenvalue weighted by Gasteiger charge is -2.17. The molecule has 1 N–H and O–H groups in total. The minimum Gasteiger partial charge on any atom is -0.361 e. The first-order chi connectivity index (χ1) is 10.9. The van der Waals surface area contributed by atoms with E-state index in [1.54, 1.807) is 17.2 Å². The number of hydrogen-bond donors (Lipinski definition) is 1. The van der Waals surface area contributed by atoms with Gasteiger partial charge in [-0.05, 0) is 35.6 Å². The highest BCUT2D eigenvalue weighted by atomic mass is 32.2. The van der Waals surface area contributed by atoms with E-state index in [4.69, 9.17) is 0 Å². The van der Waals surface area contributed by atoms with Crippen molar-refractivity contribution >= 4 is 26.6 Å². The monoisotopic (exact) mass is 336 g/mol. The Morgan fingerprint density at radius 3 is 2.65 bits per heavy atom. The second kappa shape index (κ2) is 5.06. The van der Waals surface area contributed by atoms with Gasteiger partial charge in [-0.25, -0.2) is 12.8 Å². The van der Waals surface area contributed by atoms with Gasteiger partial charge in [0.05, 0.1) is 17.9 Å². The largest absolute Gasteiger partial charge is 0.361 e. The zero-order valence-electron chi connectivity index (χ0n) is 12.5. The zero-order chi connectivity index (χ0) is 16.2. The average molecular weight is 336 g/mol. The van der Waals surface area contributed by atoms with Gasteiger partial charge in [0.15, 0.2) is 9.84 Å². The first-order valence-electron chi connectivity index (χ1n) is 7.65. The van der Waals surface area contributed by atoms with Crippen molar-refractivity contribution in [3.63, 3.8) is 0 Å². The molecule has 4 rings (SSSR count). The summed E-state index contributed by atoms with van der Waals surface area (Å²) in [5, 5.41) is 0.849. The summed E-state index contributed by atoms with van der Waals surface area (Å²) >= 11 is 0. The molecule has 2 aliphatic rings. The number of nitrogens with one attached hydrogen (secondary N) is 1. The van der Waals surface area contributed by atoms with E-state index in [0.29, 0.717) is 18.6 Å². The van der Waals surface area contributed by atoms with E-state index in [-0.39, 0.29) is 41.5 Å². The van der Waals surface area contributed by atoms with Crippen molar-refractivity contribution < 1.29 is 17.6 Å². The third-order valence-electron chi connectivity index (χ3n) is 4.94. The number of likely N-dealkylation sites (tertiary alicyclic amines) is 1. The number of carbonyl (C=O) groups excluding carboxylic acids is 1. The summed E-state index contributed by atoms with van der Waals surface area (Å²) in [6.07, 6.45) is 1.99. The van der Waals surface area contributed by atoms with Gasteiger partial charge in [0.2, 0.25) is 5.91 Å². The van der Waals surface area contributed by atoms with Gasteiger partial charge in [-0.15, -0.1) is 0 Å². The third-order valence-corrected chi connectivity index (χ3v) is 6.81. The van der Waals surface area contributed by atoms with Crippen molar-refractivity contribution in [2.75, 3.05) is 24.6 Å². The minimum absolute atomic E-state index is 0.00187. The highest BCUT2D eigenvalue weighted by Crippen LogP contribution is 2.33. The Kier molecular flexibility index (Phi) is 3.23. The van der Waals surface area contributed by atoms with E-state index >= 15 is 0 Å². The summed E-state index contributed by atoms with van der Waals surface area (Å²) in [6.45, 7) is 1.05. The van der Waals surface area contributed by atoms with E-state index in [0.717, 1.165) is 10.9 Å². The molecule has 0 aliphatic carbocycles. The van der Waals surface area contributed by atoms with Crippen LogP contribution in [0.15, 0.2) is 24.4 Å². The Morgan fingerprint density at radius 2 is 1.96 bits per heavy atom. The van der Waals surface area contributed by atoms with Crippen LogP contribution in [0.4, 0.5) is 4.39 Å². The molecule has 0 saturated carbocycles. The van der Waals surface area contributed by atoms with Gasteiger partial charge in [-0.1, -0.05) is 0 Å². The highest BCUT2D eigenvalue weighted by molar-refractivity contribution is 7.91. The first kappa shape index (κ1) is 14.7. The number of benzene rings is 1. The second-order valence-electron chi connectivity index (χ2n) is 6.58. The number of nitrogens with zero attached hydrogens (tertiary/aromatic N) is 1. The summed E-state index contributed by atoms with van der Waals surface area (Å²) in [5.41, 5.74) is 1.52. The molecular weight excluding hydrogens is 319 g/mol. The smallest absolute Gasteiger partial charge is 0.227 e. The fourth-order valence-electron chi connectivity index (χ4n) is 3.82. The van der Waals surface area contributed by atoms with Gasteiger partial charge < -0.3 is 9.88 Å². The molecule has 2 aromatic rings. The molecule has 1 aromatic heterocycles. The molecule has 122 valence electrons. The van der Waals surface area contributed by atoms with Gasteiger partial charge in [-0.2, -0.15) is 0 Å². The molecular formula is C16H17FN2O3S. The number of hydrogen-bond acceptors (Lipinski definition) is 3. The normalized spacial score (nSPS) is 25.9. The highest BCUT2D eigenvalue weighted by Gasteiger charge is 2.44. The number of aromatic amines is 1. The Balaban J connectivity index is 1.48. The van der Waals surface area contributed by atoms with Crippen molar-refractivity contribution in [2.24, 2.45) is 11.8 Å². The minimum atomic E-state index is -2.92. The third kappa shape index (κ3) is 2.63. The van der Waals surface area contributed by atoms with Gasteiger partial charge in [0.1, 0.15) is 5.82 Å². The Labute approximate surface area is 133 Å². The van der Waals surface area contributed by atoms with Crippen LogP contribution in [0.3, 0.4) is 0 Å². The maximum atomic E-state index is 13.2. The summed E-state index contributed by atoms with van der Waals surface area (Å²) in [5.74, 6) is 0.261. The number of H-pyrrole nitrogens is 1. The van der Waals surface area contributed by atoms with Gasteiger partial charge >= 0.3 is 0 Å². The molecule has 2 fully saturated rings. The number of fused-ring (bicyclic) bond motifs is 2. The predicted octanol–water partition coefficient (Wildman–Crippen LogP) is 1.35. The van der Waals surface area contributed by atoms with Crippen molar-refractivity contribution in [1.29, 1.82) is 0 Å². The summed E-state index contributed by atoms with van der Waals surface area (Å²) < 4.78 is 36.4. The van der Waals surface area contributed by atoms with Crippen LogP contribution in [-0.2, 0) is 21.1 Å². The molecule has 7 heteroatoms. The standard InChI is InChI=1S/C16H17FN2O3S/c17-13-1-2-14-10(5-18-15(14)4-13)3-16(20)19-6-11-8-23(21,22)9-12(11)7-19/h1-2,4-5,11-12,18H,3,6-9H2/t11-,12+. The quantitative estimate of drug-likeness (QED) is 0.900. The zero-order valence-corrected chi connectivity index (χ0v) is 13.3. The van der Waals surface area contributed by atoms with Gasteiger partial charge in [0, 0.05) is 30.2 Å². The maximum Gasteiger partial charge on any atom is 0.227 e. The number of rotatable bonds is 2. The Bertz CT molecular complexity index is 870. The van der Waals surface area contributed by atoms with Crippen LogP contribution < -0.4 is 0 Å². The van der Waals surface area contributed by atoms with Gasteiger partial charge in [-0.3, -0.25) is 4.79 Å². The lowest BCUT2D eigenvalue weighted by Crippen LogP contribution is -2.32. The molecule has 2 saturated heterocycles. The Hall–Kier alpha value is -1.89. The van der Waals surface area contributed by atoms with E-state index in [1.807, 2.05) is 0 Å². The molecule has 2 aliphatic heterocycles. The van der Waals surface area contributed by atoms with Gasteiger partial charge in [0.25, 0.3) is 0 Å². The van der Waals surface area contributed by atoms with Crippen LogP contribution in [0, 0.1) is 17.7 Å². The molecule has 1 aromatic carbocycles. The van der Waals surface area contributed by atoms with E-state index in [9.17, 15) is 17.6 Å². The van der Waals surface area contributed by atoms with Crippen molar-refractivity contribution in [2.45, 2.75) is 6.42 Å². The second-order valence-corrected chi connectivity index (χ2v) is 8.73. The van der Waals surface area contributed by atoms with Crippen LogP contribution >= 0.6 is 0 Å². The molecule has 0 radical (unpaired) electrons. The number of sulfone groups is 1. The molecule has 23 heavy (non-hydrogen) atoms. The fraction of sp³-hybridized carbons (Fsp3) is 0.438. The number of halogens is 1. The molecule has 3 heterocycles. The van der Waals surface area contributed by atoms with Crippen LogP contribution in [0.2, 0.25) is 0 Å². The summed E-state index contributed by atoms with van der Waals surface area (Å²) in [7, 11) is -2.92. The lowest BCUT2D eigenvalue weighted by molar-refractivity contribution is -0.129. The first-order valence-corrected chi connectivity index (χ1v) is 9.47. The number of amides is 1. The average Bonchev–Trinajstić information content (AvgIpc) is 3.09. The van der Waals surface area contributed by atoms with E-state index < -0.39 is 9.84 Å². The van der Waals surface area contributed by atoms with E-state index in [2.05, 4.69) is 4.98 Å². The predicted molar refractivity (Wildman–Crippen MR) is 84.2 cm³/mol. The van der Waals surface area contributed by atoms with E-state index in [1.165, 1.54) is 12.1 Å². The topological polar surface area (TPSA) is 70.2 Å². The lowest BCUT2D eigenvalue weighted by atomic mass is 10.0. The summed E-state index contributed by atoms with van der Waals surface area (Å²) in [4.78, 5) is 17.3. The molecule has 2 atom stereocenters. The molecule has 0 bridgehead atoms. The van der Waals surface area contributed by atoms with Crippen LogP contribution in [0.5, 0.6) is 0 Å². The van der Waals surface area contributed by atoms with Crippen molar-refractivity contribution in [3.8, 4) is 0 Å².